The number of aryl methyl sites for hydroxylation is 3. The molecule has 10 N–H and O–H groups in total. The molecular formula is C69H64ClF9N12O9S3. The van der Waals surface area contributed by atoms with Crippen molar-refractivity contribution in [2.45, 2.75) is 91.0 Å². The molecule has 0 saturated carbocycles. The molecule has 103 heavy (non-hydrogen) atoms. The van der Waals surface area contributed by atoms with E-state index in [2.05, 4.69) is 55.7 Å². The van der Waals surface area contributed by atoms with E-state index in [4.69, 9.17) is 17.3 Å². The topological polar surface area (TPSA) is 315 Å². The normalized spacial score (nSPS) is 13.8. The van der Waals surface area contributed by atoms with Crippen molar-refractivity contribution in [2.24, 2.45) is 0 Å². The van der Waals surface area contributed by atoms with Crippen LogP contribution in [-0.4, -0.2) is 78.7 Å². The lowest BCUT2D eigenvalue weighted by Crippen LogP contribution is -2.20. The van der Waals surface area contributed by atoms with Gasteiger partial charge in [-0.2, -0.15) is 39.5 Å². The predicted molar refractivity (Wildman–Crippen MR) is 372 cm³/mol. The number of aromatic nitrogens is 3. The van der Waals surface area contributed by atoms with Gasteiger partial charge in [0, 0.05) is 86.3 Å². The number of hydrogen-bond donors (Lipinski definition) is 9. The number of nitrogens with one attached hydrogen (secondary N) is 8. The SMILES string of the molecule is CNS(=O)(=O)c1ccccc1Nc1cc(Cl)ncc1C(F)(F)F.CNS(=O)(=O)c1ccccc1Nc1cc(Nc2ccc3c(c2)CCC(=O)C3)ncc1C(F)(F)F.CNS(=O)(=O)c1ccccc1Nc1cc(Nc2ccc3c(c2)CCC(=O)C3)ncc1C(F)(F)F.Nc1ccc2c(c1)CCC(=O)C2. The lowest BCUT2D eigenvalue weighted by molar-refractivity contribution is -0.138. The minimum absolute atomic E-state index is 0.0158. The number of nitrogens with zero attached hydrogens (tertiary/aromatic N) is 3. The standard InChI is InChI=1S/2C23H21F3N4O3S.C13H11ClF3N3O2S.C10H11NO/c2*1-27-34(32,33)21-5-3-2-4-19(21)30-20-12-22(28-13-18(20)23(24,25)26)29-16-8-6-15-11-17(31)9-7-14(15)10-16;1-18-23(21,22)11-5-3-2-4-9(11)20-10-6-12(14)19-7-8(10)13(15,16)17;11-9-3-1-8-6-10(12)4-2-7(8)5-9/h2*2-6,8,10,12-13,27H,7,9,11H2,1H3,(H2,28,29,30);2-7,18H,1H3,(H,19,20);1,3,5H,2,4,6,11H2. The molecule has 0 fully saturated rings. The van der Waals surface area contributed by atoms with Crippen LogP contribution in [0, 0.1) is 0 Å². The zero-order valence-electron chi connectivity index (χ0n) is 54.6. The van der Waals surface area contributed by atoms with E-state index in [-0.39, 0.29) is 71.5 Å². The van der Waals surface area contributed by atoms with Crippen LogP contribution >= 0.6 is 11.6 Å². The molecule has 0 radical (unpaired) electrons. The van der Waals surface area contributed by atoms with E-state index in [1.54, 1.807) is 12.1 Å². The van der Waals surface area contributed by atoms with Crippen molar-refractivity contribution in [1.29, 1.82) is 0 Å². The van der Waals surface area contributed by atoms with Gasteiger partial charge >= 0.3 is 18.5 Å². The Balaban J connectivity index is 0.000000168. The highest BCUT2D eigenvalue weighted by Gasteiger charge is 2.38. The molecule has 12 rings (SSSR count). The number of hydrogen-bond acceptors (Lipinski definition) is 18. The summed E-state index contributed by atoms with van der Waals surface area (Å²) in [5.41, 5.74) is 9.64. The predicted octanol–water partition coefficient (Wildman–Crippen LogP) is 13.8. The number of sulfonamides is 3. The van der Waals surface area contributed by atoms with Crippen molar-refractivity contribution in [3.05, 3.63) is 219 Å². The number of carbonyl (C=O) groups is 3. The van der Waals surface area contributed by atoms with Gasteiger partial charge in [0.05, 0.1) is 50.8 Å². The summed E-state index contributed by atoms with van der Waals surface area (Å²) in [5.74, 6) is 0.961. The van der Waals surface area contributed by atoms with Crippen molar-refractivity contribution in [3.8, 4) is 0 Å². The lowest BCUT2D eigenvalue weighted by Gasteiger charge is -2.19. The van der Waals surface area contributed by atoms with Crippen LogP contribution in [0.3, 0.4) is 0 Å². The van der Waals surface area contributed by atoms with Crippen LogP contribution in [-0.2, 0) is 102 Å². The Bertz CT molecular complexity index is 4840. The van der Waals surface area contributed by atoms with Crippen LogP contribution in [0.1, 0.15) is 69.3 Å². The molecule has 3 aliphatic carbocycles. The second-order valence-electron chi connectivity index (χ2n) is 23.2. The van der Waals surface area contributed by atoms with Crippen molar-refractivity contribution in [1.82, 2.24) is 29.1 Å². The Morgan fingerprint density at radius 3 is 1.02 bits per heavy atom. The molecule has 0 atom stereocenters. The first-order valence-corrected chi connectivity index (χ1v) is 35.8. The number of pyridine rings is 3. The number of nitrogens with two attached hydrogens (primary N) is 1. The van der Waals surface area contributed by atoms with E-state index in [1.807, 2.05) is 42.5 Å². The molecule has 9 aromatic rings. The molecule has 0 bridgehead atoms. The summed E-state index contributed by atoms with van der Waals surface area (Å²) in [7, 11) is -8.04. The summed E-state index contributed by atoms with van der Waals surface area (Å²) >= 11 is 5.64. The van der Waals surface area contributed by atoms with Gasteiger partial charge in [0.15, 0.2) is 0 Å². The molecule has 3 aromatic heterocycles. The number of carbonyl (C=O) groups excluding carboxylic acids is 3. The van der Waals surface area contributed by atoms with Gasteiger partial charge in [-0.15, -0.1) is 0 Å². The maximum Gasteiger partial charge on any atom is 0.419 e. The third-order valence-electron chi connectivity index (χ3n) is 16.1. The molecule has 0 saturated heterocycles. The fourth-order valence-corrected chi connectivity index (χ4v) is 13.7. The molecule has 6 aromatic carbocycles. The van der Waals surface area contributed by atoms with Crippen LogP contribution in [0.15, 0.2) is 179 Å². The fourth-order valence-electron chi connectivity index (χ4n) is 10.9. The smallest absolute Gasteiger partial charge is 0.399 e. The largest absolute Gasteiger partial charge is 0.419 e. The number of alkyl halides is 9. The van der Waals surface area contributed by atoms with Gasteiger partial charge in [0.1, 0.15) is 48.8 Å². The highest BCUT2D eigenvalue weighted by Crippen LogP contribution is 2.42. The molecular weight excluding hydrogens is 1440 g/mol. The number of fused-ring (bicyclic) bond motifs is 3. The van der Waals surface area contributed by atoms with E-state index in [9.17, 15) is 79.2 Å². The van der Waals surface area contributed by atoms with Crippen molar-refractivity contribution < 1.29 is 79.2 Å². The second kappa shape index (κ2) is 32.1. The van der Waals surface area contributed by atoms with Gasteiger partial charge < -0.3 is 32.3 Å². The van der Waals surface area contributed by atoms with Gasteiger partial charge in [0.25, 0.3) is 0 Å². The molecule has 542 valence electrons. The minimum Gasteiger partial charge on any atom is -0.399 e. The average Bonchev–Trinajstić information content (AvgIpc) is 0.808. The fraction of sp³-hybridized carbons (Fsp3) is 0.217. The third-order valence-corrected chi connectivity index (χ3v) is 20.7. The molecule has 0 spiro atoms. The first-order chi connectivity index (χ1) is 48.5. The lowest BCUT2D eigenvalue weighted by atomic mass is 9.90. The van der Waals surface area contributed by atoms with E-state index in [0.29, 0.717) is 87.1 Å². The quantitative estimate of drug-likeness (QED) is 0.0247. The molecule has 0 unspecified atom stereocenters. The molecule has 0 amide bonds. The Morgan fingerprint density at radius 1 is 0.369 bits per heavy atom. The first kappa shape index (κ1) is 77.1. The Kier molecular flexibility index (Phi) is 24.0. The first-order valence-electron chi connectivity index (χ1n) is 31.0. The van der Waals surface area contributed by atoms with E-state index < -0.39 is 71.0 Å². The molecule has 21 nitrogen and oxygen atoms in total. The van der Waals surface area contributed by atoms with Gasteiger partial charge in [-0.05, 0) is 153 Å². The third kappa shape index (κ3) is 20.0. The van der Waals surface area contributed by atoms with Crippen LogP contribution in [0.25, 0.3) is 0 Å². The minimum atomic E-state index is -4.72. The van der Waals surface area contributed by atoms with Crippen molar-refractivity contribution in [2.75, 3.05) is 53.5 Å². The van der Waals surface area contributed by atoms with Crippen LogP contribution in [0.4, 0.5) is 102 Å². The van der Waals surface area contributed by atoms with Crippen molar-refractivity contribution in [3.63, 3.8) is 0 Å². The Hall–Kier alpha value is -10.0. The number of benzene rings is 6. The maximum absolute atomic E-state index is 13.7. The number of anilines is 11. The average molecular weight is 1510 g/mol. The molecule has 3 aliphatic rings. The number of rotatable bonds is 16. The molecule has 34 heteroatoms. The van der Waals surface area contributed by atoms with Crippen LogP contribution < -0.4 is 46.5 Å². The highest BCUT2D eigenvalue weighted by molar-refractivity contribution is 7.90. The zero-order valence-corrected chi connectivity index (χ0v) is 57.8. The number of halogens is 10. The van der Waals surface area contributed by atoms with Gasteiger partial charge in [-0.1, -0.05) is 66.2 Å². The highest BCUT2D eigenvalue weighted by atomic mass is 35.5. The van der Waals surface area contributed by atoms with E-state index in [0.717, 1.165) is 46.0 Å². The summed E-state index contributed by atoms with van der Waals surface area (Å²) < 4.78 is 201. The van der Waals surface area contributed by atoms with E-state index in [1.165, 1.54) is 112 Å². The van der Waals surface area contributed by atoms with E-state index >= 15 is 0 Å². The Morgan fingerprint density at radius 2 is 0.680 bits per heavy atom. The van der Waals surface area contributed by atoms with Crippen LogP contribution in [0.5, 0.6) is 0 Å². The van der Waals surface area contributed by atoms with Gasteiger partial charge in [-0.3, -0.25) is 14.4 Å². The monoisotopic (exact) mass is 1510 g/mol. The summed E-state index contributed by atoms with van der Waals surface area (Å²) in [6.45, 7) is 0. The number of nitrogen functional groups attached to an aromatic ring is 1. The summed E-state index contributed by atoms with van der Waals surface area (Å²) in [6.07, 6.45) is -7.15. The van der Waals surface area contributed by atoms with Gasteiger partial charge in [0.2, 0.25) is 30.1 Å². The second-order valence-corrected chi connectivity index (χ2v) is 29.1. The summed E-state index contributed by atoms with van der Waals surface area (Å²) in [4.78, 5) is 45.0. The van der Waals surface area contributed by atoms with Crippen molar-refractivity contribution >= 4 is 122 Å². The number of para-hydroxylation sites is 3. The van der Waals surface area contributed by atoms with Crippen LogP contribution in [0.2, 0.25) is 5.15 Å². The molecule has 0 aliphatic heterocycles. The zero-order chi connectivity index (χ0) is 74.8. The summed E-state index contributed by atoms with van der Waals surface area (Å²) in [5, 5.41) is 13.5. The summed E-state index contributed by atoms with van der Waals surface area (Å²) in [6, 6.07) is 36.8. The number of Topliss-reactive ketones (excluding diaryl/α,β-unsaturated/α-hetero) is 3. The van der Waals surface area contributed by atoms with Gasteiger partial charge in [-0.25, -0.2) is 54.4 Å². The number of ketones is 3. The maximum atomic E-state index is 13.7. The Labute approximate surface area is 590 Å². The molecule has 3 heterocycles.